The van der Waals surface area contributed by atoms with E-state index >= 15 is 0 Å². The summed E-state index contributed by atoms with van der Waals surface area (Å²) in [6.45, 7) is 0. The minimum Gasteiger partial charge on any atom is -0.497 e. The summed E-state index contributed by atoms with van der Waals surface area (Å²) in [6.07, 6.45) is -0.565. The zero-order valence-corrected chi connectivity index (χ0v) is 18.2. The van der Waals surface area contributed by atoms with Gasteiger partial charge in [0.05, 0.1) is 30.5 Å². The summed E-state index contributed by atoms with van der Waals surface area (Å²) in [5.41, 5.74) is 6.48. The molecule has 0 amide bonds. The molecule has 0 bridgehead atoms. The lowest BCUT2D eigenvalue weighted by Crippen LogP contribution is -2.49. The Morgan fingerprint density at radius 1 is 1.06 bits per heavy atom. The van der Waals surface area contributed by atoms with Crippen LogP contribution in [0.25, 0.3) is 10.8 Å². The number of fused-ring (bicyclic) bond motifs is 1. The van der Waals surface area contributed by atoms with Crippen LogP contribution in [0.1, 0.15) is 12.0 Å². The van der Waals surface area contributed by atoms with E-state index < -0.39 is 40.3 Å². The zero-order valence-electron chi connectivity index (χ0n) is 17.4. The van der Waals surface area contributed by atoms with Crippen molar-refractivity contribution in [3.8, 4) is 5.75 Å². The van der Waals surface area contributed by atoms with Crippen LogP contribution in [0.5, 0.6) is 5.75 Å². The lowest BCUT2D eigenvalue weighted by atomic mass is 9.97. The molecule has 2 atom stereocenters. The normalized spacial score (nSPS) is 13.4. The number of methoxy groups -OCH3 is 1. The van der Waals surface area contributed by atoms with Crippen molar-refractivity contribution in [3.63, 3.8) is 0 Å². The van der Waals surface area contributed by atoms with Gasteiger partial charge in [-0.2, -0.15) is 0 Å². The highest BCUT2D eigenvalue weighted by Gasteiger charge is 2.31. The molecule has 0 heterocycles. The predicted octanol–water partition coefficient (Wildman–Crippen LogP) is 2.11. The van der Waals surface area contributed by atoms with Gasteiger partial charge in [0.2, 0.25) is 10.0 Å². The van der Waals surface area contributed by atoms with Crippen molar-refractivity contribution in [3.05, 3.63) is 72.3 Å². The van der Waals surface area contributed by atoms with Crippen LogP contribution >= 0.6 is 0 Å². The van der Waals surface area contributed by atoms with E-state index in [0.717, 1.165) is 0 Å². The van der Waals surface area contributed by atoms with Gasteiger partial charge in [0.25, 0.3) is 0 Å². The number of carboxylic acids is 1. The number of hydrogen-bond donors (Lipinski definition) is 3. The molecule has 0 saturated heterocycles. The minimum atomic E-state index is -4.15. The van der Waals surface area contributed by atoms with Gasteiger partial charge >= 0.3 is 5.97 Å². The number of nitrogens with one attached hydrogen (secondary N) is 1. The Hall–Kier alpha value is -3.27. The first-order valence-corrected chi connectivity index (χ1v) is 11.3. The molecule has 3 aromatic carbocycles. The Kier molecular flexibility index (Phi) is 7.24. The molecule has 1 unspecified atom stereocenters. The number of hydrogen-bond acceptors (Lipinski definition) is 6. The smallest absolute Gasteiger partial charge is 0.305 e. The highest BCUT2D eigenvalue weighted by Crippen LogP contribution is 2.27. The third-order valence-corrected chi connectivity index (χ3v) is 6.55. The van der Waals surface area contributed by atoms with Gasteiger partial charge < -0.3 is 15.6 Å². The van der Waals surface area contributed by atoms with Crippen molar-refractivity contribution in [2.45, 2.75) is 29.8 Å². The molecule has 0 spiro atoms. The van der Waals surface area contributed by atoms with Crippen molar-refractivity contribution >= 4 is 32.5 Å². The Morgan fingerprint density at radius 3 is 2.44 bits per heavy atom. The zero-order chi connectivity index (χ0) is 23.3. The molecule has 0 fully saturated rings. The molecular formula is C23H24N2O6S. The molecule has 0 aliphatic rings. The van der Waals surface area contributed by atoms with E-state index in [-0.39, 0.29) is 11.3 Å². The minimum absolute atomic E-state index is 0.00433. The van der Waals surface area contributed by atoms with Crippen LogP contribution in [-0.4, -0.2) is 44.5 Å². The maximum absolute atomic E-state index is 13.3. The van der Waals surface area contributed by atoms with Crippen LogP contribution in [0.2, 0.25) is 0 Å². The van der Waals surface area contributed by atoms with Crippen molar-refractivity contribution in [2.75, 3.05) is 7.11 Å². The van der Waals surface area contributed by atoms with Gasteiger partial charge in [-0.1, -0.05) is 42.5 Å². The van der Waals surface area contributed by atoms with Gasteiger partial charge in [-0.05, 0) is 41.6 Å². The van der Waals surface area contributed by atoms with Crippen LogP contribution in [-0.2, 0) is 26.0 Å². The molecule has 0 radical (unpaired) electrons. The fourth-order valence-electron chi connectivity index (χ4n) is 3.44. The Morgan fingerprint density at radius 2 is 1.78 bits per heavy atom. The van der Waals surface area contributed by atoms with E-state index in [1.54, 1.807) is 60.7 Å². The van der Waals surface area contributed by atoms with Crippen molar-refractivity contribution in [1.29, 1.82) is 0 Å². The van der Waals surface area contributed by atoms with E-state index in [9.17, 15) is 18.0 Å². The molecule has 0 aliphatic heterocycles. The molecule has 0 saturated carbocycles. The molecule has 0 aliphatic carbocycles. The SMILES string of the molecule is COc1ccc2c(S(=O)(=O)NC(Cc3ccccc3)C(=O)[C@@H](N)CC(=O)O)cccc2c1. The number of ketones is 1. The van der Waals surface area contributed by atoms with E-state index in [4.69, 9.17) is 15.6 Å². The number of ether oxygens (including phenoxy) is 1. The molecule has 4 N–H and O–H groups in total. The van der Waals surface area contributed by atoms with Crippen molar-refractivity contribution < 1.29 is 27.9 Å². The van der Waals surface area contributed by atoms with E-state index in [1.807, 2.05) is 0 Å². The largest absolute Gasteiger partial charge is 0.497 e. The third-order valence-electron chi connectivity index (χ3n) is 5.02. The Balaban J connectivity index is 1.98. The standard InChI is InChI=1S/C23H24N2O6S/c1-31-17-10-11-18-16(13-17)8-5-9-21(18)32(29,30)25-20(12-15-6-3-2-4-7-15)23(28)19(24)14-22(26)27/h2-11,13,19-20,25H,12,14,24H2,1H3,(H,26,27)/t19-,20?/m0/s1. The number of benzene rings is 3. The first kappa shape index (κ1) is 23.4. The molecule has 0 aromatic heterocycles. The van der Waals surface area contributed by atoms with Crippen molar-refractivity contribution in [2.24, 2.45) is 5.73 Å². The number of nitrogens with two attached hydrogens (primary N) is 1. The number of rotatable bonds is 10. The topological polar surface area (TPSA) is 136 Å². The number of Topliss-reactive ketones (excluding diaryl/α,β-unsaturated/α-hetero) is 1. The lowest BCUT2D eigenvalue weighted by molar-refractivity contribution is -0.139. The number of carbonyl (C=O) groups excluding carboxylic acids is 1. The summed E-state index contributed by atoms with van der Waals surface area (Å²) in [6, 6.07) is 16.0. The Bertz CT molecular complexity index is 1230. The van der Waals surface area contributed by atoms with Crippen LogP contribution < -0.4 is 15.2 Å². The van der Waals surface area contributed by atoms with Crippen LogP contribution in [0.15, 0.2) is 71.6 Å². The van der Waals surface area contributed by atoms with Gasteiger partial charge in [-0.25, -0.2) is 13.1 Å². The quantitative estimate of drug-likeness (QED) is 0.425. The third kappa shape index (κ3) is 5.50. The van der Waals surface area contributed by atoms with Crippen molar-refractivity contribution in [1.82, 2.24) is 4.72 Å². The van der Waals surface area contributed by atoms with Crippen LogP contribution in [0.4, 0.5) is 0 Å². The maximum atomic E-state index is 13.3. The molecule has 3 rings (SSSR count). The van der Waals surface area contributed by atoms with Gasteiger partial charge in [0, 0.05) is 5.39 Å². The maximum Gasteiger partial charge on any atom is 0.305 e. The average Bonchev–Trinajstić information content (AvgIpc) is 2.77. The highest BCUT2D eigenvalue weighted by atomic mass is 32.2. The van der Waals surface area contributed by atoms with Gasteiger partial charge in [-0.3, -0.25) is 9.59 Å². The number of carboxylic acid groups (broad SMARTS) is 1. The second kappa shape index (κ2) is 9.90. The fraction of sp³-hybridized carbons (Fsp3) is 0.217. The van der Waals surface area contributed by atoms with E-state index in [2.05, 4.69) is 4.72 Å². The first-order valence-electron chi connectivity index (χ1n) is 9.85. The fourth-order valence-corrected chi connectivity index (χ4v) is 4.88. The summed E-state index contributed by atoms with van der Waals surface area (Å²) in [4.78, 5) is 23.9. The van der Waals surface area contributed by atoms with E-state index in [0.29, 0.717) is 22.1 Å². The second-order valence-electron chi connectivity index (χ2n) is 7.31. The van der Waals surface area contributed by atoms with E-state index in [1.165, 1.54) is 13.2 Å². The summed E-state index contributed by atoms with van der Waals surface area (Å²) < 4.78 is 34.2. The Labute approximate surface area is 186 Å². The first-order chi connectivity index (χ1) is 15.2. The summed E-state index contributed by atoms with van der Waals surface area (Å²) in [5, 5.41) is 10.1. The van der Waals surface area contributed by atoms with Gasteiger partial charge in [-0.15, -0.1) is 0 Å². The number of sulfonamides is 1. The van der Waals surface area contributed by atoms with Gasteiger partial charge in [0.1, 0.15) is 5.75 Å². The predicted molar refractivity (Wildman–Crippen MR) is 120 cm³/mol. The molecule has 9 heteroatoms. The summed E-state index contributed by atoms with van der Waals surface area (Å²) >= 11 is 0. The average molecular weight is 457 g/mol. The van der Waals surface area contributed by atoms with Crippen LogP contribution in [0, 0.1) is 0 Å². The molecule has 8 nitrogen and oxygen atoms in total. The molecule has 32 heavy (non-hydrogen) atoms. The summed E-state index contributed by atoms with van der Waals surface area (Å²) in [5.74, 6) is -1.35. The molecular weight excluding hydrogens is 432 g/mol. The van der Waals surface area contributed by atoms with Crippen LogP contribution in [0.3, 0.4) is 0 Å². The monoisotopic (exact) mass is 456 g/mol. The second-order valence-corrected chi connectivity index (χ2v) is 9.00. The summed E-state index contributed by atoms with van der Waals surface area (Å²) in [7, 11) is -2.63. The molecule has 168 valence electrons. The molecule has 3 aromatic rings. The van der Waals surface area contributed by atoms with Gasteiger partial charge in [0.15, 0.2) is 5.78 Å². The number of aliphatic carboxylic acids is 1. The number of carbonyl (C=O) groups is 2. The lowest BCUT2D eigenvalue weighted by Gasteiger charge is -2.21. The highest BCUT2D eigenvalue weighted by molar-refractivity contribution is 7.89.